The maximum atomic E-state index is 12.8. The van der Waals surface area contributed by atoms with Crippen LogP contribution in [0.2, 0.25) is 0 Å². The Labute approximate surface area is 113 Å². The van der Waals surface area contributed by atoms with E-state index in [0.29, 0.717) is 12.1 Å². The zero-order chi connectivity index (χ0) is 14.8. The molecule has 0 aliphatic heterocycles. The van der Waals surface area contributed by atoms with E-state index in [0.717, 1.165) is 5.52 Å². The highest BCUT2D eigenvalue weighted by Crippen LogP contribution is 2.14. The molecule has 1 amide bonds. The number of carbonyl (C=O) groups is 1. The van der Waals surface area contributed by atoms with Crippen LogP contribution in [-0.4, -0.2) is 45.1 Å². The van der Waals surface area contributed by atoms with Crippen LogP contribution in [0.25, 0.3) is 11.0 Å². The lowest BCUT2D eigenvalue weighted by atomic mass is 10.2. The average Bonchev–Trinajstić information content (AvgIpc) is 2.87. The van der Waals surface area contributed by atoms with Gasteiger partial charge in [0.1, 0.15) is 12.1 Å². The van der Waals surface area contributed by atoms with Gasteiger partial charge in [0, 0.05) is 12.1 Å². The molecule has 0 aliphatic carbocycles. The van der Waals surface area contributed by atoms with E-state index in [9.17, 15) is 13.6 Å². The number of fused-ring (bicyclic) bond motifs is 1. The van der Waals surface area contributed by atoms with Gasteiger partial charge in [-0.25, -0.2) is 13.5 Å². The number of aliphatic hydroxyl groups is 1. The number of halogens is 2. The smallest absolute Gasteiger partial charge is 0.287 e. The first kappa shape index (κ1) is 14.3. The summed E-state index contributed by atoms with van der Waals surface area (Å²) in [6.45, 7) is 0.329. The van der Waals surface area contributed by atoms with Gasteiger partial charge in [-0.05, 0) is 25.1 Å². The molecule has 1 heterocycles. The number of nitrogens with one attached hydrogen (secondary N) is 1. The monoisotopic (exact) mass is 284 g/mol. The zero-order valence-corrected chi connectivity index (χ0v) is 10.8. The number of nitrogens with zero attached hydrogens (tertiary/aromatic N) is 3. The first-order valence-corrected chi connectivity index (χ1v) is 6.07. The molecule has 0 atom stereocenters. The number of hydrogen-bond acceptors (Lipinski definition) is 4. The molecular weight excluding hydrogens is 270 g/mol. The van der Waals surface area contributed by atoms with E-state index in [-0.39, 0.29) is 5.56 Å². The summed E-state index contributed by atoms with van der Waals surface area (Å²) in [5, 5.41) is 18.3. The second-order valence-corrected chi connectivity index (χ2v) is 4.31. The van der Waals surface area contributed by atoms with Gasteiger partial charge in [-0.15, -0.1) is 5.10 Å². The highest BCUT2D eigenvalue weighted by molar-refractivity contribution is 5.97. The topological polar surface area (TPSA) is 80.0 Å². The molecule has 0 bridgehead atoms. The normalized spacial score (nSPS) is 11.8. The lowest BCUT2D eigenvalue weighted by Crippen LogP contribution is -2.38. The minimum absolute atomic E-state index is 0.217. The fourth-order valence-electron chi connectivity index (χ4n) is 1.71. The average molecular weight is 284 g/mol. The molecule has 0 saturated carbocycles. The van der Waals surface area contributed by atoms with Crippen LogP contribution < -0.4 is 5.32 Å². The standard InChI is InChI=1S/C12H14F2N4O2/c1-2-18-10-4-3-8(5-9(10)16-17-18)11(20)15-6-12(13,14)7-19/h3-5,19H,2,6-7H2,1H3,(H,15,20). The van der Waals surface area contributed by atoms with Crippen LogP contribution in [0.4, 0.5) is 8.78 Å². The minimum atomic E-state index is -3.33. The second kappa shape index (κ2) is 5.49. The first-order valence-electron chi connectivity index (χ1n) is 6.07. The molecule has 2 rings (SSSR count). The van der Waals surface area contributed by atoms with E-state index in [1.165, 1.54) is 12.1 Å². The van der Waals surface area contributed by atoms with Gasteiger partial charge in [-0.2, -0.15) is 0 Å². The van der Waals surface area contributed by atoms with Gasteiger partial charge < -0.3 is 10.4 Å². The van der Waals surface area contributed by atoms with Crippen molar-refractivity contribution in [3.63, 3.8) is 0 Å². The van der Waals surface area contributed by atoms with Crippen LogP contribution in [0, 0.1) is 0 Å². The Morgan fingerprint density at radius 2 is 2.25 bits per heavy atom. The summed E-state index contributed by atoms with van der Waals surface area (Å²) in [7, 11) is 0. The predicted molar refractivity (Wildman–Crippen MR) is 67.6 cm³/mol. The molecule has 0 fully saturated rings. The number of alkyl halides is 2. The van der Waals surface area contributed by atoms with E-state index in [1.807, 2.05) is 6.92 Å². The molecule has 2 N–H and O–H groups in total. The van der Waals surface area contributed by atoms with Gasteiger partial charge in [0.05, 0.1) is 12.1 Å². The summed E-state index contributed by atoms with van der Waals surface area (Å²) >= 11 is 0. The molecule has 0 radical (unpaired) electrons. The van der Waals surface area contributed by atoms with Crippen molar-refractivity contribution in [3.8, 4) is 0 Å². The van der Waals surface area contributed by atoms with Crippen LogP contribution in [0.3, 0.4) is 0 Å². The summed E-state index contributed by atoms with van der Waals surface area (Å²) in [4.78, 5) is 11.7. The van der Waals surface area contributed by atoms with Crippen molar-refractivity contribution in [2.24, 2.45) is 0 Å². The number of rotatable bonds is 5. The third kappa shape index (κ3) is 2.90. The SMILES string of the molecule is CCn1nnc2cc(C(=O)NCC(F)(F)CO)ccc21. The number of aromatic nitrogens is 3. The van der Waals surface area contributed by atoms with E-state index < -0.39 is 25.0 Å². The molecule has 20 heavy (non-hydrogen) atoms. The van der Waals surface area contributed by atoms with Crippen molar-refractivity contribution in [1.82, 2.24) is 20.3 Å². The number of benzene rings is 1. The first-order chi connectivity index (χ1) is 9.46. The van der Waals surface area contributed by atoms with Crippen LogP contribution in [0.5, 0.6) is 0 Å². The van der Waals surface area contributed by atoms with Crippen molar-refractivity contribution in [2.45, 2.75) is 19.4 Å². The minimum Gasteiger partial charge on any atom is -0.390 e. The number of hydrogen-bond donors (Lipinski definition) is 2. The Kier molecular flexibility index (Phi) is 3.93. The molecule has 0 saturated heterocycles. The Morgan fingerprint density at radius 3 is 2.90 bits per heavy atom. The van der Waals surface area contributed by atoms with E-state index >= 15 is 0 Å². The van der Waals surface area contributed by atoms with Gasteiger partial charge in [-0.1, -0.05) is 5.21 Å². The maximum absolute atomic E-state index is 12.8. The maximum Gasteiger partial charge on any atom is 0.287 e. The summed E-state index contributed by atoms with van der Waals surface area (Å²) in [6.07, 6.45) is 0. The lowest BCUT2D eigenvalue weighted by molar-refractivity contribution is -0.0462. The summed E-state index contributed by atoms with van der Waals surface area (Å²) < 4.78 is 27.3. The van der Waals surface area contributed by atoms with Crippen LogP contribution in [0.15, 0.2) is 18.2 Å². The molecule has 0 unspecified atom stereocenters. The third-order valence-corrected chi connectivity index (χ3v) is 2.81. The summed E-state index contributed by atoms with van der Waals surface area (Å²) in [5.74, 6) is -3.98. The molecule has 2 aromatic rings. The summed E-state index contributed by atoms with van der Waals surface area (Å²) in [5.41, 5.74) is 1.51. The van der Waals surface area contributed by atoms with Gasteiger partial charge >= 0.3 is 0 Å². The second-order valence-electron chi connectivity index (χ2n) is 4.31. The Bertz CT molecular complexity index is 627. The van der Waals surface area contributed by atoms with E-state index in [4.69, 9.17) is 5.11 Å². The fourth-order valence-corrected chi connectivity index (χ4v) is 1.71. The quantitative estimate of drug-likeness (QED) is 0.851. The molecule has 6 nitrogen and oxygen atoms in total. The van der Waals surface area contributed by atoms with Gasteiger partial charge in [0.25, 0.3) is 11.8 Å². The van der Waals surface area contributed by atoms with Crippen molar-refractivity contribution >= 4 is 16.9 Å². The number of carbonyl (C=O) groups excluding carboxylic acids is 1. The van der Waals surface area contributed by atoms with Crippen molar-refractivity contribution in [2.75, 3.05) is 13.2 Å². The summed E-state index contributed by atoms with van der Waals surface area (Å²) in [6, 6.07) is 4.67. The van der Waals surface area contributed by atoms with Crippen LogP contribution >= 0.6 is 0 Å². The fraction of sp³-hybridized carbons (Fsp3) is 0.417. The Morgan fingerprint density at radius 1 is 1.50 bits per heavy atom. The molecule has 8 heteroatoms. The highest BCUT2D eigenvalue weighted by atomic mass is 19.3. The zero-order valence-electron chi connectivity index (χ0n) is 10.8. The van der Waals surface area contributed by atoms with E-state index in [1.54, 1.807) is 10.7 Å². The number of aryl methyl sites for hydroxylation is 1. The van der Waals surface area contributed by atoms with Gasteiger partial charge in [0.2, 0.25) is 0 Å². The highest BCUT2D eigenvalue weighted by Gasteiger charge is 2.28. The Hall–Kier alpha value is -2.09. The van der Waals surface area contributed by atoms with E-state index in [2.05, 4.69) is 15.6 Å². The molecule has 0 aliphatic rings. The van der Waals surface area contributed by atoms with Gasteiger partial charge in [0.15, 0.2) is 0 Å². The van der Waals surface area contributed by atoms with Gasteiger partial charge in [-0.3, -0.25) is 4.79 Å². The number of aliphatic hydroxyl groups excluding tert-OH is 1. The lowest BCUT2D eigenvalue weighted by Gasteiger charge is -2.13. The van der Waals surface area contributed by atoms with Crippen LogP contribution in [0.1, 0.15) is 17.3 Å². The van der Waals surface area contributed by atoms with Crippen molar-refractivity contribution in [3.05, 3.63) is 23.8 Å². The Balaban J connectivity index is 2.15. The third-order valence-electron chi connectivity index (χ3n) is 2.81. The molecule has 1 aromatic carbocycles. The molecule has 0 spiro atoms. The van der Waals surface area contributed by atoms with Crippen molar-refractivity contribution < 1.29 is 18.7 Å². The predicted octanol–water partition coefficient (Wildman–Crippen LogP) is 0.809. The molecule has 1 aromatic heterocycles. The largest absolute Gasteiger partial charge is 0.390 e. The van der Waals surface area contributed by atoms with Crippen LogP contribution in [-0.2, 0) is 6.54 Å². The number of amides is 1. The molecule has 108 valence electrons. The molecular formula is C12H14F2N4O2. The van der Waals surface area contributed by atoms with Crippen molar-refractivity contribution in [1.29, 1.82) is 0 Å².